The number of hydrogen-bond acceptors (Lipinski definition) is 0. The minimum Gasteiger partial charge on any atom is -1.00 e. The van der Waals surface area contributed by atoms with Gasteiger partial charge in [-0.15, -0.1) is 0 Å². The summed E-state index contributed by atoms with van der Waals surface area (Å²) in [5, 5.41) is 0. The molecule has 16 heavy (non-hydrogen) atoms. The fourth-order valence-corrected chi connectivity index (χ4v) is 5.86. The Bertz CT molecular complexity index is 388. The zero-order chi connectivity index (χ0) is 11.0. The van der Waals surface area contributed by atoms with Gasteiger partial charge in [0.05, 0.1) is 0 Å². The van der Waals surface area contributed by atoms with E-state index in [0.717, 1.165) is 0 Å². The third-order valence-corrected chi connectivity index (χ3v) is 7.95. The predicted molar refractivity (Wildman–Crippen MR) is 63.3 cm³/mol. The van der Waals surface area contributed by atoms with Crippen molar-refractivity contribution in [3.63, 3.8) is 0 Å². The van der Waals surface area contributed by atoms with Crippen LogP contribution in [0.2, 0.25) is 0 Å². The number of halogens is 1. The average molecular weight is 314 g/mol. The van der Waals surface area contributed by atoms with Gasteiger partial charge in [0.1, 0.15) is 0 Å². The topological polar surface area (TPSA) is 0 Å². The molecule has 86 valence electrons. The molecule has 2 heteroatoms. The van der Waals surface area contributed by atoms with Gasteiger partial charge >= 0.3 is 105 Å². The van der Waals surface area contributed by atoms with Gasteiger partial charge < -0.3 is 13.8 Å². The van der Waals surface area contributed by atoms with Crippen molar-refractivity contribution in [2.45, 2.75) is 40.5 Å². The minimum absolute atomic E-state index is 0. The average Bonchev–Trinajstić information content (AvgIpc) is 2.68. The van der Waals surface area contributed by atoms with Crippen molar-refractivity contribution < 1.29 is 37.1 Å². The van der Waals surface area contributed by atoms with Gasteiger partial charge in [0.2, 0.25) is 0 Å². The minimum atomic E-state index is -0.438. The van der Waals surface area contributed by atoms with E-state index in [-0.39, 0.29) is 13.8 Å². The largest absolute Gasteiger partial charge is 1.00 e. The van der Waals surface area contributed by atoms with Crippen LogP contribution in [0.1, 0.15) is 42.0 Å². The second kappa shape index (κ2) is 5.65. The van der Waals surface area contributed by atoms with Crippen LogP contribution < -0.4 is 12.4 Å². The van der Waals surface area contributed by atoms with Crippen LogP contribution in [0, 0.1) is 0 Å². The van der Waals surface area contributed by atoms with Crippen molar-refractivity contribution in [2.24, 2.45) is 0 Å². The Balaban J connectivity index is 0.00000128. The van der Waals surface area contributed by atoms with E-state index in [4.69, 9.17) is 0 Å². The molecule has 0 spiro atoms. The summed E-state index contributed by atoms with van der Waals surface area (Å²) >= 11 is -0.438. The van der Waals surface area contributed by atoms with E-state index in [9.17, 15) is 0 Å². The first-order valence-corrected chi connectivity index (χ1v) is 8.06. The smallest absolute Gasteiger partial charge is 1.00 e. The van der Waals surface area contributed by atoms with Crippen LogP contribution in [0.5, 0.6) is 0 Å². The molecule has 0 amide bonds. The molecule has 2 rings (SSSR count). The summed E-state index contributed by atoms with van der Waals surface area (Å²) in [6.45, 7) is 9.11. The van der Waals surface area contributed by atoms with E-state index >= 15 is 0 Å². The van der Waals surface area contributed by atoms with Gasteiger partial charge in [-0.05, 0) is 0 Å². The quantitative estimate of drug-likeness (QED) is 0.723. The van der Waals surface area contributed by atoms with Crippen molar-refractivity contribution >= 4 is 0 Å². The van der Waals surface area contributed by atoms with Crippen molar-refractivity contribution in [1.82, 2.24) is 0 Å². The molecule has 0 fully saturated rings. The molecule has 0 aliphatic heterocycles. The summed E-state index contributed by atoms with van der Waals surface area (Å²) in [5.74, 6) is 0. The second-order valence-electron chi connectivity index (χ2n) is 4.51. The Kier molecular flexibility index (Phi) is 5.01. The van der Waals surface area contributed by atoms with Crippen molar-refractivity contribution in [3.8, 4) is 0 Å². The van der Waals surface area contributed by atoms with Crippen LogP contribution in [0.25, 0.3) is 0 Å². The summed E-state index contributed by atoms with van der Waals surface area (Å²) in [6, 6.07) is 0. The van der Waals surface area contributed by atoms with Crippen LogP contribution in [0.3, 0.4) is 0 Å². The molecule has 0 aromatic rings. The SMILES string of the molecule is CC1=CC[C]([Zr+2][C]2=C(C)C(C)=CC2)=C1C.[Cl-].[H-]. The molecule has 2 aliphatic carbocycles. The zero-order valence-electron chi connectivity index (χ0n) is 11.4. The van der Waals surface area contributed by atoms with E-state index in [0.29, 0.717) is 0 Å². The molecule has 2 aliphatic rings. The van der Waals surface area contributed by atoms with Gasteiger partial charge in [-0.25, -0.2) is 0 Å². The van der Waals surface area contributed by atoms with Gasteiger partial charge in [-0.2, -0.15) is 0 Å². The van der Waals surface area contributed by atoms with Crippen LogP contribution in [0.4, 0.5) is 0 Å². The van der Waals surface area contributed by atoms with Crippen LogP contribution in [-0.4, -0.2) is 0 Å². The first-order valence-electron chi connectivity index (χ1n) is 5.60. The molecule has 0 nitrogen and oxygen atoms in total. The molecule has 0 bridgehead atoms. The maximum absolute atomic E-state index is 2.40. The molecule has 0 radical (unpaired) electrons. The summed E-state index contributed by atoms with van der Waals surface area (Å²) < 4.78 is 3.60. The standard InChI is InChI=1S/2C7H9.ClH.Zr.H/c2*1-6-4-3-5-7(6)2;;;/h2*4H,3H2,1-2H3;1H;;/q;;;+2;-1/p-1. The van der Waals surface area contributed by atoms with Gasteiger partial charge in [0.25, 0.3) is 0 Å². The van der Waals surface area contributed by atoms with Crippen LogP contribution >= 0.6 is 0 Å². The van der Waals surface area contributed by atoms with Crippen molar-refractivity contribution in [1.29, 1.82) is 0 Å². The van der Waals surface area contributed by atoms with E-state index < -0.39 is 23.2 Å². The third-order valence-electron chi connectivity index (χ3n) is 3.61. The summed E-state index contributed by atoms with van der Waals surface area (Å²) in [4.78, 5) is 0. The molecule has 0 saturated carbocycles. The molecule has 0 atom stereocenters. The molecule has 0 saturated heterocycles. The Morgan fingerprint density at radius 3 is 1.50 bits per heavy atom. The van der Waals surface area contributed by atoms with E-state index in [1.807, 2.05) is 0 Å². The van der Waals surface area contributed by atoms with Gasteiger partial charge in [-0.3, -0.25) is 0 Å². The summed E-state index contributed by atoms with van der Waals surface area (Å²) in [6.07, 6.45) is 7.30. The zero-order valence-corrected chi connectivity index (χ0v) is 13.7. The Hall–Kier alpha value is 0.133. The second-order valence-corrected chi connectivity index (χ2v) is 8.10. The Labute approximate surface area is 118 Å². The molecule has 0 aromatic heterocycles. The molecule has 0 aromatic carbocycles. The number of rotatable bonds is 2. The normalized spacial score (nSPS) is 19.5. The number of allylic oxidation sites excluding steroid dienone is 8. The fraction of sp³-hybridized carbons (Fsp3) is 0.429. The van der Waals surface area contributed by atoms with E-state index in [1.54, 1.807) is 17.7 Å². The van der Waals surface area contributed by atoms with Gasteiger partial charge in [0, 0.05) is 0 Å². The predicted octanol–water partition coefficient (Wildman–Crippen LogP) is 1.43. The van der Waals surface area contributed by atoms with Crippen LogP contribution in [0.15, 0.2) is 41.0 Å². The fourth-order valence-electron chi connectivity index (χ4n) is 2.07. The number of hydrogen-bond donors (Lipinski definition) is 0. The van der Waals surface area contributed by atoms with Crippen molar-refractivity contribution in [2.75, 3.05) is 0 Å². The van der Waals surface area contributed by atoms with Crippen molar-refractivity contribution in [3.05, 3.63) is 41.0 Å². The third kappa shape index (κ3) is 2.68. The monoisotopic (exact) mass is 312 g/mol. The van der Waals surface area contributed by atoms with Crippen LogP contribution in [-0.2, 0) is 23.2 Å². The summed E-state index contributed by atoms with van der Waals surface area (Å²) in [5.41, 5.74) is 6.25. The molecule has 0 unspecified atom stereocenters. The summed E-state index contributed by atoms with van der Waals surface area (Å²) in [7, 11) is 0. The van der Waals surface area contributed by atoms with E-state index in [2.05, 4.69) is 39.8 Å². The molecule has 0 heterocycles. The molecule has 0 N–H and O–H groups in total. The van der Waals surface area contributed by atoms with E-state index in [1.165, 1.54) is 24.0 Å². The Morgan fingerprint density at radius 1 is 0.875 bits per heavy atom. The molecular formula is C14H19ClZr. The van der Waals surface area contributed by atoms with Gasteiger partial charge in [-0.1, -0.05) is 0 Å². The first kappa shape index (κ1) is 14.2. The first-order chi connectivity index (χ1) is 7.09. The maximum atomic E-state index is 2.40. The maximum Gasteiger partial charge on any atom is -1.00 e. The van der Waals surface area contributed by atoms with Gasteiger partial charge in [0.15, 0.2) is 0 Å². The molecular weight excluding hydrogens is 295 g/mol. The Morgan fingerprint density at radius 2 is 1.25 bits per heavy atom.